The van der Waals surface area contributed by atoms with Gasteiger partial charge >= 0.3 is 0 Å². The number of likely N-dealkylation sites (N-methyl/N-ethyl adjacent to an activating group) is 1. The van der Waals surface area contributed by atoms with Crippen LogP contribution < -0.4 is 4.57 Å². The molecule has 0 spiro atoms. The minimum absolute atomic E-state index is 0.136. The van der Waals surface area contributed by atoms with E-state index in [1.165, 1.54) is 21.4 Å². The van der Waals surface area contributed by atoms with Crippen LogP contribution in [0.25, 0.3) is 11.3 Å². The summed E-state index contributed by atoms with van der Waals surface area (Å²) in [5, 5.41) is 20.1. The second kappa shape index (κ2) is 7.54. The second-order valence-electron chi connectivity index (χ2n) is 8.44. The van der Waals surface area contributed by atoms with Crippen LogP contribution in [0.3, 0.4) is 0 Å². The fourth-order valence-corrected chi connectivity index (χ4v) is 4.22. The highest BCUT2D eigenvalue weighted by molar-refractivity contribution is 5.98. The van der Waals surface area contributed by atoms with Crippen LogP contribution in [0, 0.1) is 11.3 Å². The summed E-state index contributed by atoms with van der Waals surface area (Å²) in [7, 11) is 3.23. The van der Waals surface area contributed by atoms with Gasteiger partial charge in [0.15, 0.2) is 11.9 Å². The highest BCUT2D eigenvalue weighted by Gasteiger charge is 2.43. The summed E-state index contributed by atoms with van der Waals surface area (Å²) in [5.74, 6) is -0.144. The number of carbonyl (C=O) groups is 1. The number of aromatic nitrogens is 1. The second-order valence-corrected chi connectivity index (χ2v) is 8.44. The summed E-state index contributed by atoms with van der Waals surface area (Å²) < 4.78 is 2.16. The van der Waals surface area contributed by atoms with Crippen LogP contribution in [-0.4, -0.2) is 34.9 Å². The van der Waals surface area contributed by atoms with Gasteiger partial charge in [-0.15, -0.1) is 0 Å². The number of aliphatic hydroxyl groups is 1. The first-order valence-corrected chi connectivity index (χ1v) is 10.3. The van der Waals surface area contributed by atoms with E-state index < -0.39 is 0 Å². The summed E-state index contributed by atoms with van der Waals surface area (Å²) in [6.07, 6.45) is 6.76. The average molecular weight is 426 g/mol. The van der Waals surface area contributed by atoms with Gasteiger partial charge in [0.1, 0.15) is 11.4 Å². The monoisotopic (exact) mass is 425 g/mol. The Morgan fingerprint density at radius 2 is 1.94 bits per heavy atom. The largest absolute Gasteiger partial charge is 0.494 e. The lowest BCUT2D eigenvalue weighted by Crippen LogP contribution is -2.40. The molecule has 2 aliphatic heterocycles. The third kappa shape index (κ3) is 3.10. The molecule has 1 aromatic carbocycles. The highest BCUT2D eigenvalue weighted by Crippen LogP contribution is 2.38. The summed E-state index contributed by atoms with van der Waals surface area (Å²) in [6, 6.07) is 14.5. The maximum absolute atomic E-state index is 12.5. The van der Waals surface area contributed by atoms with Crippen molar-refractivity contribution >= 4 is 11.5 Å². The third-order valence-electron chi connectivity index (χ3n) is 6.26. The Balaban J connectivity index is 1.69. The van der Waals surface area contributed by atoms with E-state index in [-0.39, 0.29) is 22.8 Å². The fraction of sp³-hybridized carbons (Fsp3) is 0.192. The maximum atomic E-state index is 12.5. The minimum Gasteiger partial charge on any atom is -0.494 e. The molecule has 0 saturated heterocycles. The molecule has 1 N–H and O–H groups in total. The summed E-state index contributed by atoms with van der Waals surface area (Å²) in [4.78, 5) is 15.3. The Labute approximate surface area is 187 Å². The number of para-hydroxylation sites is 1. The van der Waals surface area contributed by atoms with Gasteiger partial charge in [-0.25, -0.2) is 0 Å². The molecule has 2 aromatic rings. The van der Waals surface area contributed by atoms with E-state index in [9.17, 15) is 15.2 Å². The number of amides is 1. The number of pyridine rings is 1. The van der Waals surface area contributed by atoms with Gasteiger partial charge in [0, 0.05) is 43.4 Å². The molecule has 0 fully saturated rings. The molecule has 4 rings (SSSR count). The molecule has 32 heavy (non-hydrogen) atoms. The zero-order valence-electron chi connectivity index (χ0n) is 18.6. The van der Waals surface area contributed by atoms with Gasteiger partial charge in [-0.05, 0) is 26.0 Å². The molecule has 0 bridgehead atoms. The molecule has 0 aliphatic carbocycles. The quantitative estimate of drug-likeness (QED) is 0.462. The van der Waals surface area contributed by atoms with Crippen LogP contribution in [0.15, 0.2) is 84.7 Å². The first-order chi connectivity index (χ1) is 15.2. The van der Waals surface area contributed by atoms with Crippen molar-refractivity contribution in [3.63, 3.8) is 0 Å². The standard InChI is InChI=1S/C26H24N4O2/c1-17-28(4)24(31)20(25(32)29(17)5)10-8-9-19(16-27)18-13-14-30-22-12-7-6-11-21(22)26(2,3)23(30)15-18/h6-15H,1H2,2-5H3/p+1. The van der Waals surface area contributed by atoms with Crippen LogP contribution in [0.1, 0.15) is 30.7 Å². The lowest BCUT2D eigenvalue weighted by atomic mass is 9.82. The fourth-order valence-electron chi connectivity index (χ4n) is 4.22. The summed E-state index contributed by atoms with van der Waals surface area (Å²) in [5.41, 5.74) is 4.70. The van der Waals surface area contributed by atoms with Gasteiger partial charge in [0.25, 0.3) is 5.91 Å². The van der Waals surface area contributed by atoms with Crippen molar-refractivity contribution in [1.82, 2.24) is 9.80 Å². The number of nitriles is 1. The Kier molecular flexibility index (Phi) is 4.98. The Morgan fingerprint density at radius 3 is 2.66 bits per heavy atom. The molecule has 160 valence electrons. The smallest absolute Gasteiger partial charge is 0.264 e. The number of hydrogen-bond donors (Lipinski definition) is 1. The normalized spacial score (nSPS) is 17.7. The molecule has 2 aliphatic rings. The van der Waals surface area contributed by atoms with Gasteiger partial charge in [0.2, 0.25) is 11.6 Å². The highest BCUT2D eigenvalue weighted by atomic mass is 16.3. The minimum atomic E-state index is -0.359. The summed E-state index contributed by atoms with van der Waals surface area (Å²) in [6.45, 7) is 8.13. The molecule has 0 unspecified atom stereocenters. The molecule has 1 aromatic heterocycles. The van der Waals surface area contributed by atoms with E-state index in [0.29, 0.717) is 11.4 Å². The molecule has 6 nitrogen and oxygen atoms in total. The average Bonchev–Trinajstić information content (AvgIpc) is 3.03. The van der Waals surface area contributed by atoms with E-state index >= 15 is 0 Å². The van der Waals surface area contributed by atoms with Gasteiger partial charge in [-0.3, -0.25) is 9.69 Å². The molecular formula is C26H25N4O2+. The van der Waals surface area contributed by atoms with Crippen LogP contribution in [0.4, 0.5) is 0 Å². The molecule has 6 heteroatoms. The van der Waals surface area contributed by atoms with Gasteiger partial charge < -0.3 is 10.0 Å². The van der Waals surface area contributed by atoms with Gasteiger partial charge in [-0.1, -0.05) is 30.9 Å². The molecule has 1 amide bonds. The Morgan fingerprint density at radius 1 is 1.22 bits per heavy atom. The van der Waals surface area contributed by atoms with Crippen LogP contribution >= 0.6 is 0 Å². The van der Waals surface area contributed by atoms with E-state index in [2.05, 4.69) is 43.2 Å². The predicted molar refractivity (Wildman–Crippen MR) is 122 cm³/mol. The number of aliphatic hydroxyl groups excluding tert-OH is 1. The molecule has 0 saturated carbocycles. The van der Waals surface area contributed by atoms with Crippen molar-refractivity contribution in [2.24, 2.45) is 0 Å². The van der Waals surface area contributed by atoms with Gasteiger partial charge in [0.05, 0.1) is 17.1 Å². The van der Waals surface area contributed by atoms with Crippen molar-refractivity contribution in [2.75, 3.05) is 14.1 Å². The SMILES string of the molecule is C=C1N(C)C(=O)C(/C=C/C=C(\C#N)c2cc[n+]3c(c2)C(C)(C)c2ccccc2-3)=C(O)N1C. The molecule has 0 atom stereocenters. The van der Waals surface area contributed by atoms with Gasteiger partial charge in [-0.2, -0.15) is 9.83 Å². The maximum Gasteiger partial charge on any atom is 0.264 e. The van der Waals surface area contributed by atoms with E-state index in [1.807, 2.05) is 30.5 Å². The number of hydrogen-bond acceptors (Lipinski definition) is 4. The van der Waals surface area contributed by atoms with Crippen LogP contribution in [-0.2, 0) is 10.2 Å². The first-order valence-electron chi connectivity index (χ1n) is 10.3. The van der Waals surface area contributed by atoms with Crippen LogP contribution in [0.5, 0.6) is 0 Å². The lowest BCUT2D eigenvalue weighted by Gasteiger charge is -2.33. The van der Waals surface area contributed by atoms with Crippen molar-refractivity contribution < 1.29 is 14.5 Å². The number of benzene rings is 1. The third-order valence-corrected chi connectivity index (χ3v) is 6.26. The molecular weight excluding hydrogens is 400 g/mol. The zero-order valence-corrected chi connectivity index (χ0v) is 18.6. The first kappa shape index (κ1) is 21.1. The predicted octanol–water partition coefficient (Wildman–Crippen LogP) is 3.71. The van der Waals surface area contributed by atoms with E-state index in [4.69, 9.17) is 0 Å². The van der Waals surface area contributed by atoms with E-state index in [0.717, 1.165) is 16.9 Å². The van der Waals surface area contributed by atoms with Crippen molar-refractivity contribution in [1.29, 1.82) is 5.26 Å². The summed E-state index contributed by atoms with van der Waals surface area (Å²) >= 11 is 0. The zero-order chi connectivity index (χ0) is 23.2. The Hall–Kier alpha value is -4.11. The Bertz CT molecular complexity index is 1290. The number of rotatable bonds is 3. The molecule has 0 radical (unpaired) electrons. The number of carbonyl (C=O) groups excluding carboxylic acids is 1. The number of nitrogens with zero attached hydrogens (tertiary/aromatic N) is 4. The topological polar surface area (TPSA) is 71.5 Å². The van der Waals surface area contributed by atoms with Crippen LogP contribution in [0.2, 0.25) is 0 Å². The van der Waals surface area contributed by atoms with E-state index in [1.54, 1.807) is 26.2 Å². The number of fused-ring (bicyclic) bond motifs is 3. The lowest BCUT2D eigenvalue weighted by molar-refractivity contribution is -0.599. The van der Waals surface area contributed by atoms with Crippen molar-refractivity contribution in [2.45, 2.75) is 19.3 Å². The molecule has 3 heterocycles. The van der Waals surface area contributed by atoms with Crippen molar-refractivity contribution in [3.05, 3.63) is 102 Å². The van der Waals surface area contributed by atoms with Crippen molar-refractivity contribution in [3.8, 4) is 11.8 Å². The number of allylic oxidation sites excluding steroid dienone is 3.